The van der Waals surface area contributed by atoms with Crippen molar-refractivity contribution in [3.63, 3.8) is 0 Å². The number of esters is 1. The summed E-state index contributed by atoms with van der Waals surface area (Å²) in [5.41, 5.74) is -0.145. The quantitative estimate of drug-likeness (QED) is 0.461. The Balaban J connectivity index is 1.59. The molecule has 4 aromatic rings. The number of ether oxygens (including phenoxy) is 1. The second-order valence-corrected chi connectivity index (χ2v) is 6.92. The summed E-state index contributed by atoms with van der Waals surface area (Å²) in [5.74, 6) is -0.0963. The van der Waals surface area contributed by atoms with Gasteiger partial charge in [-0.15, -0.1) is 21.5 Å². The van der Waals surface area contributed by atoms with Gasteiger partial charge in [-0.3, -0.25) is 4.79 Å². The third-order valence-corrected chi connectivity index (χ3v) is 4.88. The van der Waals surface area contributed by atoms with Crippen molar-refractivity contribution in [2.75, 3.05) is 0 Å². The van der Waals surface area contributed by atoms with Gasteiger partial charge >= 0.3 is 5.97 Å². The number of rotatable bonds is 6. The molecular formula is C19H16N4O4S. The van der Waals surface area contributed by atoms with Crippen molar-refractivity contribution in [1.29, 1.82) is 0 Å². The maximum atomic E-state index is 12.6. The van der Waals surface area contributed by atoms with Gasteiger partial charge in [0.25, 0.3) is 17.3 Å². The zero-order valence-electron chi connectivity index (χ0n) is 15.0. The van der Waals surface area contributed by atoms with Crippen LogP contribution in [0.15, 0.2) is 51.0 Å². The van der Waals surface area contributed by atoms with Crippen LogP contribution in [-0.2, 0) is 17.9 Å². The van der Waals surface area contributed by atoms with Gasteiger partial charge in [0.05, 0.1) is 10.3 Å². The van der Waals surface area contributed by atoms with Gasteiger partial charge in [0.15, 0.2) is 12.3 Å². The molecule has 1 aromatic carbocycles. The molecule has 0 saturated carbocycles. The van der Waals surface area contributed by atoms with Crippen molar-refractivity contribution in [1.82, 2.24) is 20.0 Å². The fourth-order valence-corrected chi connectivity index (χ4v) is 3.40. The van der Waals surface area contributed by atoms with Crippen LogP contribution in [-0.4, -0.2) is 25.9 Å². The number of fused-ring (bicyclic) bond motifs is 1. The van der Waals surface area contributed by atoms with Gasteiger partial charge in [-0.25, -0.2) is 9.48 Å². The molecule has 0 fully saturated rings. The summed E-state index contributed by atoms with van der Waals surface area (Å²) in [4.78, 5) is 26.0. The van der Waals surface area contributed by atoms with E-state index in [2.05, 4.69) is 15.3 Å². The molecule has 0 bridgehead atoms. The number of aryl methyl sites for hydroxylation is 1. The number of carbonyl (C=O) groups is 1. The molecule has 3 heterocycles. The summed E-state index contributed by atoms with van der Waals surface area (Å²) in [6.07, 6.45) is 0.715. The van der Waals surface area contributed by atoms with Crippen molar-refractivity contribution in [2.24, 2.45) is 0 Å². The highest BCUT2D eigenvalue weighted by molar-refractivity contribution is 7.13. The van der Waals surface area contributed by atoms with Crippen LogP contribution in [0.4, 0.5) is 0 Å². The topological polar surface area (TPSA) is 100 Å². The minimum absolute atomic E-state index is 0.0849. The Morgan fingerprint density at radius 1 is 1.18 bits per heavy atom. The number of nitrogens with zero attached hydrogens (tertiary/aromatic N) is 4. The van der Waals surface area contributed by atoms with E-state index >= 15 is 0 Å². The average molecular weight is 396 g/mol. The predicted octanol–water partition coefficient (Wildman–Crippen LogP) is 3.28. The monoisotopic (exact) mass is 396 g/mol. The Labute approximate surface area is 163 Å². The molecule has 0 N–H and O–H groups in total. The summed E-state index contributed by atoms with van der Waals surface area (Å²) in [6.45, 7) is 2.17. The minimum atomic E-state index is -0.656. The number of aromatic nitrogens is 4. The molecule has 8 nitrogen and oxygen atoms in total. The molecule has 142 valence electrons. The first-order valence-corrected chi connectivity index (χ1v) is 9.58. The second-order valence-electron chi connectivity index (χ2n) is 5.98. The molecule has 0 aliphatic heterocycles. The van der Waals surface area contributed by atoms with E-state index in [-0.39, 0.29) is 23.8 Å². The minimum Gasteiger partial charge on any atom is -0.451 e. The Morgan fingerprint density at radius 3 is 2.75 bits per heavy atom. The first-order valence-electron chi connectivity index (χ1n) is 8.70. The summed E-state index contributed by atoms with van der Waals surface area (Å²) < 4.78 is 12.1. The van der Waals surface area contributed by atoms with Gasteiger partial charge in [0.1, 0.15) is 0 Å². The lowest BCUT2D eigenvalue weighted by Crippen LogP contribution is -2.26. The molecule has 4 rings (SSSR count). The molecule has 0 radical (unpaired) electrons. The number of carbonyl (C=O) groups excluding carboxylic acids is 1. The lowest BCUT2D eigenvalue weighted by molar-refractivity contribution is 0.0431. The second kappa shape index (κ2) is 7.73. The van der Waals surface area contributed by atoms with E-state index in [4.69, 9.17) is 9.15 Å². The molecule has 0 aliphatic carbocycles. The van der Waals surface area contributed by atoms with E-state index in [1.165, 1.54) is 16.0 Å². The lowest BCUT2D eigenvalue weighted by atomic mass is 10.1. The summed E-state index contributed by atoms with van der Waals surface area (Å²) in [5, 5.41) is 14.8. The Bertz CT molecular complexity index is 1180. The molecular weight excluding hydrogens is 380 g/mol. The van der Waals surface area contributed by atoms with E-state index in [9.17, 15) is 9.59 Å². The highest BCUT2D eigenvalue weighted by Gasteiger charge is 2.19. The normalized spacial score (nSPS) is 11.0. The zero-order chi connectivity index (χ0) is 19.5. The molecule has 0 atom stereocenters. The largest absolute Gasteiger partial charge is 0.451 e. The standard InChI is InChI=1S/C19H16N4O4S/c1-2-9-23-18(24)13-7-4-3-6-12(13)16(22-23)19(25)26-11-15-20-21-17(27-15)14-8-5-10-28-14/h3-8,10H,2,9,11H2,1H3. The molecule has 0 amide bonds. The van der Waals surface area contributed by atoms with Crippen LogP contribution in [0.3, 0.4) is 0 Å². The fourth-order valence-electron chi connectivity index (χ4n) is 2.76. The number of thiophene rings is 1. The third-order valence-electron chi connectivity index (χ3n) is 4.02. The fraction of sp³-hybridized carbons (Fsp3) is 0.211. The van der Waals surface area contributed by atoms with Crippen molar-refractivity contribution < 1.29 is 13.9 Å². The smallest absolute Gasteiger partial charge is 0.359 e. The maximum absolute atomic E-state index is 12.6. The van der Waals surface area contributed by atoms with E-state index < -0.39 is 5.97 Å². The molecule has 0 aliphatic rings. The van der Waals surface area contributed by atoms with Gasteiger partial charge in [0.2, 0.25) is 0 Å². The first kappa shape index (κ1) is 18.1. The molecule has 0 unspecified atom stereocenters. The van der Waals surface area contributed by atoms with Crippen LogP contribution in [0, 0.1) is 0 Å². The third kappa shape index (κ3) is 3.44. The maximum Gasteiger partial charge on any atom is 0.359 e. The Kier molecular flexibility index (Phi) is 4.98. The van der Waals surface area contributed by atoms with Crippen LogP contribution >= 0.6 is 11.3 Å². The molecule has 3 aromatic heterocycles. The van der Waals surface area contributed by atoms with Crippen LogP contribution in [0.5, 0.6) is 0 Å². The zero-order valence-corrected chi connectivity index (χ0v) is 15.8. The Morgan fingerprint density at radius 2 is 2.00 bits per heavy atom. The highest BCUT2D eigenvalue weighted by Crippen LogP contribution is 2.23. The van der Waals surface area contributed by atoms with Gasteiger partial charge < -0.3 is 9.15 Å². The van der Waals surface area contributed by atoms with E-state index in [0.717, 1.165) is 4.88 Å². The van der Waals surface area contributed by atoms with Crippen molar-refractivity contribution >= 4 is 28.1 Å². The SMILES string of the molecule is CCCn1nc(C(=O)OCc2nnc(-c3cccs3)o2)c2ccccc2c1=O. The van der Waals surface area contributed by atoms with E-state index in [0.29, 0.717) is 29.6 Å². The van der Waals surface area contributed by atoms with Crippen molar-refractivity contribution in [3.8, 4) is 10.8 Å². The number of hydrogen-bond acceptors (Lipinski definition) is 8. The van der Waals surface area contributed by atoms with Gasteiger partial charge in [0, 0.05) is 11.9 Å². The summed E-state index contributed by atoms with van der Waals surface area (Å²) in [7, 11) is 0. The Hall–Kier alpha value is -3.33. The molecule has 0 spiro atoms. The highest BCUT2D eigenvalue weighted by atomic mass is 32.1. The van der Waals surface area contributed by atoms with Crippen LogP contribution < -0.4 is 5.56 Å². The molecule has 0 saturated heterocycles. The van der Waals surface area contributed by atoms with Crippen molar-refractivity contribution in [2.45, 2.75) is 26.5 Å². The number of benzene rings is 1. The summed E-state index contributed by atoms with van der Waals surface area (Å²) in [6, 6.07) is 10.6. The van der Waals surface area contributed by atoms with Crippen LogP contribution in [0.1, 0.15) is 29.7 Å². The van der Waals surface area contributed by atoms with Crippen molar-refractivity contribution in [3.05, 3.63) is 63.7 Å². The predicted molar refractivity (Wildman–Crippen MR) is 103 cm³/mol. The van der Waals surface area contributed by atoms with Gasteiger partial charge in [-0.2, -0.15) is 5.10 Å². The van der Waals surface area contributed by atoms with Gasteiger partial charge in [-0.05, 0) is 23.9 Å². The first-order chi connectivity index (χ1) is 13.7. The molecule has 28 heavy (non-hydrogen) atoms. The number of hydrogen-bond donors (Lipinski definition) is 0. The van der Waals surface area contributed by atoms with Gasteiger partial charge in [-0.1, -0.05) is 31.2 Å². The van der Waals surface area contributed by atoms with E-state index in [1.54, 1.807) is 24.3 Å². The van der Waals surface area contributed by atoms with Crippen LogP contribution in [0.25, 0.3) is 21.5 Å². The van der Waals surface area contributed by atoms with Crippen LogP contribution in [0.2, 0.25) is 0 Å². The van der Waals surface area contributed by atoms with E-state index in [1.807, 2.05) is 24.4 Å². The lowest BCUT2D eigenvalue weighted by Gasteiger charge is -2.09. The average Bonchev–Trinajstić information content (AvgIpc) is 3.40. The molecule has 9 heteroatoms. The summed E-state index contributed by atoms with van der Waals surface area (Å²) >= 11 is 1.47.